The number of unbranched alkanes of at least 4 members (excludes halogenated alkanes) is 3. The highest BCUT2D eigenvalue weighted by Crippen LogP contribution is 2.32. The summed E-state index contributed by atoms with van der Waals surface area (Å²) in [6.07, 6.45) is 4.08. The van der Waals surface area contributed by atoms with E-state index in [9.17, 15) is 13.2 Å². The standard InChI is InChI=1S/C17H22ClF3N4/c1-3-4-5-6-7-23-14-8-11(2)25-10-12(18)9-13(16(25)24-14)15(22)17(19,20)21/h8-10,15,23H,2-7,22H2,1H3. The topological polar surface area (TPSA) is 53.6 Å². The van der Waals surface area contributed by atoms with Gasteiger partial charge in [-0.1, -0.05) is 44.4 Å². The second kappa shape index (κ2) is 8.10. The number of nitrogens with two attached hydrogens (primary N) is 1. The zero-order valence-corrected chi connectivity index (χ0v) is 14.8. The van der Waals surface area contributed by atoms with Crippen LogP contribution in [0.5, 0.6) is 0 Å². The van der Waals surface area contributed by atoms with E-state index in [-0.39, 0.29) is 16.4 Å². The van der Waals surface area contributed by atoms with Crippen LogP contribution >= 0.6 is 11.6 Å². The molecule has 0 bridgehead atoms. The molecule has 0 aliphatic carbocycles. The summed E-state index contributed by atoms with van der Waals surface area (Å²) < 4.78 is 39.2. The monoisotopic (exact) mass is 374 g/mol. The van der Waals surface area contributed by atoms with Crippen LogP contribution in [0.2, 0.25) is 0 Å². The molecule has 3 N–H and O–H groups in total. The summed E-state index contributed by atoms with van der Waals surface area (Å²) in [4.78, 5) is 5.72. The molecule has 4 nitrogen and oxygen atoms in total. The normalized spacial score (nSPS) is 18.8. The fourth-order valence-corrected chi connectivity index (χ4v) is 2.76. The van der Waals surface area contributed by atoms with Crippen LogP contribution in [-0.2, 0) is 0 Å². The van der Waals surface area contributed by atoms with Crippen molar-refractivity contribution < 1.29 is 13.2 Å². The van der Waals surface area contributed by atoms with E-state index >= 15 is 0 Å². The molecule has 0 aromatic rings. The molecule has 0 saturated carbocycles. The van der Waals surface area contributed by atoms with Crippen LogP contribution in [0.25, 0.3) is 0 Å². The van der Waals surface area contributed by atoms with Gasteiger partial charge in [-0.15, -0.1) is 0 Å². The van der Waals surface area contributed by atoms with Gasteiger partial charge in [0.15, 0.2) is 0 Å². The predicted molar refractivity (Wildman–Crippen MR) is 94.7 cm³/mol. The number of nitrogens with one attached hydrogen (secondary N) is 1. The molecule has 0 spiro atoms. The van der Waals surface area contributed by atoms with Gasteiger partial charge in [0.05, 0.1) is 5.03 Å². The lowest BCUT2D eigenvalue weighted by molar-refractivity contribution is -0.138. The van der Waals surface area contributed by atoms with Gasteiger partial charge in [0.25, 0.3) is 0 Å². The van der Waals surface area contributed by atoms with E-state index in [4.69, 9.17) is 17.3 Å². The van der Waals surface area contributed by atoms with Gasteiger partial charge in [-0.25, -0.2) is 4.99 Å². The molecule has 1 unspecified atom stereocenters. The Morgan fingerprint density at radius 1 is 1.32 bits per heavy atom. The van der Waals surface area contributed by atoms with Crippen LogP contribution < -0.4 is 11.1 Å². The van der Waals surface area contributed by atoms with E-state index in [1.165, 1.54) is 17.2 Å². The first-order valence-electron chi connectivity index (χ1n) is 8.18. The van der Waals surface area contributed by atoms with E-state index in [0.717, 1.165) is 25.7 Å². The molecule has 0 fully saturated rings. The minimum atomic E-state index is -4.59. The second-order valence-electron chi connectivity index (χ2n) is 5.95. The summed E-state index contributed by atoms with van der Waals surface area (Å²) in [5.41, 5.74) is 5.67. The summed E-state index contributed by atoms with van der Waals surface area (Å²) in [7, 11) is 0. The minimum absolute atomic E-state index is 0.0952. The first-order valence-corrected chi connectivity index (χ1v) is 8.55. The number of halogens is 4. The smallest absolute Gasteiger partial charge is 0.370 e. The third-order valence-corrected chi connectivity index (χ3v) is 4.10. The molecule has 0 amide bonds. The van der Waals surface area contributed by atoms with Crippen molar-refractivity contribution >= 4 is 17.4 Å². The summed E-state index contributed by atoms with van der Waals surface area (Å²) in [6, 6.07) is -2.17. The van der Waals surface area contributed by atoms with Crippen LogP contribution in [0.4, 0.5) is 13.2 Å². The number of allylic oxidation sites excluding steroid dienone is 3. The van der Waals surface area contributed by atoms with Crippen molar-refractivity contribution in [2.45, 2.75) is 44.8 Å². The fourth-order valence-electron chi connectivity index (χ4n) is 2.55. The second-order valence-corrected chi connectivity index (χ2v) is 6.38. The number of alkyl halides is 3. The average molecular weight is 375 g/mol. The van der Waals surface area contributed by atoms with Crippen molar-refractivity contribution in [2.75, 3.05) is 6.54 Å². The van der Waals surface area contributed by atoms with Gasteiger partial charge < -0.3 is 16.0 Å². The molecule has 1 atom stereocenters. The molecule has 2 rings (SSSR count). The number of hydrogen-bond donors (Lipinski definition) is 2. The van der Waals surface area contributed by atoms with Crippen molar-refractivity contribution in [1.82, 2.24) is 10.2 Å². The molecule has 2 aliphatic rings. The Labute approximate surface area is 150 Å². The van der Waals surface area contributed by atoms with Gasteiger partial charge in [-0.2, -0.15) is 13.2 Å². The third-order valence-electron chi connectivity index (χ3n) is 3.90. The lowest BCUT2D eigenvalue weighted by Crippen LogP contribution is -2.46. The van der Waals surface area contributed by atoms with Crippen molar-refractivity contribution in [3.05, 3.63) is 47.1 Å². The number of fused-ring (bicyclic) bond motifs is 1. The summed E-state index contributed by atoms with van der Waals surface area (Å²) in [6.45, 7) is 6.69. The maximum Gasteiger partial charge on any atom is 0.407 e. The van der Waals surface area contributed by atoms with Crippen LogP contribution in [0.15, 0.2) is 52.0 Å². The highest BCUT2D eigenvalue weighted by Gasteiger charge is 2.43. The Morgan fingerprint density at radius 3 is 2.68 bits per heavy atom. The Balaban J connectivity index is 2.19. The van der Waals surface area contributed by atoms with E-state index in [2.05, 4.69) is 23.8 Å². The molecule has 2 heterocycles. The van der Waals surface area contributed by atoms with Crippen LogP contribution in [0.3, 0.4) is 0 Å². The fraction of sp³-hybridized carbons (Fsp3) is 0.471. The van der Waals surface area contributed by atoms with Gasteiger partial charge in [0, 0.05) is 30.1 Å². The van der Waals surface area contributed by atoms with Crippen molar-refractivity contribution in [1.29, 1.82) is 0 Å². The first-order chi connectivity index (χ1) is 11.7. The highest BCUT2D eigenvalue weighted by atomic mass is 35.5. The highest BCUT2D eigenvalue weighted by molar-refractivity contribution is 6.32. The first kappa shape index (κ1) is 19.6. The van der Waals surface area contributed by atoms with Gasteiger partial charge in [0.2, 0.25) is 0 Å². The quantitative estimate of drug-likeness (QED) is 0.659. The van der Waals surface area contributed by atoms with Gasteiger partial charge in [0.1, 0.15) is 17.7 Å². The molecule has 138 valence electrons. The minimum Gasteiger partial charge on any atom is -0.370 e. The van der Waals surface area contributed by atoms with E-state index < -0.39 is 12.2 Å². The number of aliphatic imine (C=N–C) groups is 1. The molecular formula is C17H22ClF3N4. The third kappa shape index (κ3) is 4.89. The molecule has 2 aliphatic heterocycles. The van der Waals surface area contributed by atoms with Crippen LogP contribution in [0, 0.1) is 0 Å². The predicted octanol–water partition coefficient (Wildman–Crippen LogP) is 4.14. The molecule has 0 aromatic carbocycles. The Hall–Kier alpha value is -1.73. The van der Waals surface area contributed by atoms with E-state index in [1.807, 2.05) is 0 Å². The molecule has 0 radical (unpaired) electrons. The van der Waals surface area contributed by atoms with Crippen LogP contribution in [-0.4, -0.2) is 29.5 Å². The number of amidine groups is 1. The molecule has 8 heteroatoms. The zero-order chi connectivity index (χ0) is 18.6. The van der Waals surface area contributed by atoms with Crippen molar-refractivity contribution in [2.24, 2.45) is 10.7 Å². The molecule has 0 saturated heterocycles. The largest absolute Gasteiger partial charge is 0.407 e. The Kier molecular flexibility index (Phi) is 6.35. The van der Waals surface area contributed by atoms with Crippen molar-refractivity contribution in [3.63, 3.8) is 0 Å². The Morgan fingerprint density at radius 2 is 2.04 bits per heavy atom. The van der Waals surface area contributed by atoms with Gasteiger partial charge in [-0.05, 0) is 12.5 Å². The van der Waals surface area contributed by atoms with Gasteiger partial charge in [-0.3, -0.25) is 0 Å². The maximum absolute atomic E-state index is 13.1. The summed E-state index contributed by atoms with van der Waals surface area (Å²) >= 11 is 5.95. The lowest BCUT2D eigenvalue weighted by Gasteiger charge is -2.33. The zero-order valence-electron chi connectivity index (χ0n) is 14.0. The number of rotatable bonds is 7. The molecule has 0 aromatic heterocycles. The Bertz CT molecular complexity index is 647. The molecular weight excluding hydrogens is 353 g/mol. The van der Waals surface area contributed by atoms with E-state index in [1.54, 1.807) is 6.08 Å². The van der Waals surface area contributed by atoms with Crippen LogP contribution in [0.1, 0.15) is 32.6 Å². The lowest BCUT2D eigenvalue weighted by atomic mass is 10.0. The average Bonchev–Trinajstić information content (AvgIpc) is 2.53. The maximum atomic E-state index is 13.1. The van der Waals surface area contributed by atoms with Gasteiger partial charge >= 0.3 is 6.18 Å². The van der Waals surface area contributed by atoms with Crippen molar-refractivity contribution in [3.8, 4) is 0 Å². The number of hydrogen-bond acceptors (Lipinski definition) is 4. The SMILES string of the molecule is C=C1C=C(NCCCCCC)N=C2C(C(N)C(F)(F)F)=CC(Cl)=CN12. The number of nitrogens with zero attached hydrogens (tertiary/aromatic N) is 2. The molecule has 25 heavy (non-hydrogen) atoms. The summed E-state index contributed by atoms with van der Waals surface area (Å²) in [5, 5.41) is 3.27. The van der Waals surface area contributed by atoms with E-state index in [0.29, 0.717) is 18.1 Å². The summed E-state index contributed by atoms with van der Waals surface area (Å²) in [5.74, 6) is 0.567.